The molecule has 1 aromatic rings. The van der Waals surface area contributed by atoms with Gasteiger partial charge in [-0.15, -0.1) is 0 Å². The fourth-order valence-electron chi connectivity index (χ4n) is 1.03. The molecule has 0 bridgehead atoms. The van der Waals surface area contributed by atoms with Crippen LogP contribution in [0.25, 0.3) is 0 Å². The molecule has 0 saturated carbocycles. The van der Waals surface area contributed by atoms with E-state index in [1.165, 1.54) is 0 Å². The van der Waals surface area contributed by atoms with Crippen LogP contribution in [0.5, 0.6) is 0 Å². The average molecular weight is 240 g/mol. The zero-order valence-corrected chi connectivity index (χ0v) is 8.90. The van der Waals surface area contributed by atoms with Crippen LogP contribution in [0.3, 0.4) is 0 Å². The van der Waals surface area contributed by atoms with Gasteiger partial charge in [0, 0.05) is 24.6 Å². The first-order valence-corrected chi connectivity index (χ1v) is 5.02. The maximum absolute atomic E-state index is 12.2. The van der Waals surface area contributed by atoms with Crippen molar-refractivity contribution >= 4 is 16.7 Å². The molecule has 0 aliphatic carbocycles. The van der Waals surface area contributed by atoms with Crippen molar-refractivity contribution in [3.8, 4) is 0 Å². The Balaban J connectivity index is 2.74. The zero-order chi connectivity index (χ0) is 11.5. The second-order valence-electron chi connectivity index (χ2n) is 2.95. The summed E-state index contributed by atoms with van der Waals surface area (Å²) in [5.41, 5.74) is 5.24. The highest BCUT2D eigenvalue weighted by molar-refractivity contribution is 7.09. The Kier molecular flexibility index (Phi) is 3.86. The van der Waals surface area contributed by atoms with Gasteiger partial charge in [0.15, 0.2) is 0 Å². The van der Waals surface area contributed by atoms with Crippen LogP contribution in [0.2, 0.25) is 0 Å². The molecular weight excluding hydrogens is 229 g/mol. The molecule has 86 valence electrons. The minimum absolute atomic E-state index is 0.119. The summed E-state index contributed by atoms with van der Waals surface area (Å²) in [6, 6.07) is 0. The molecule has 0 radical (unpaired) electrons. The highest BCUT2D eigenvalue weighted by atomic mass is 32.1. The molecule has 0 saturated heterocycles. The van der Waals surface area contributed by atoms with Crippen molar-refractivity contribution < 1.29 is 13.2 Å². The summed E-state index contributed by atoms with van der Waals surface area (Å²) in [4.78, 5) is 4.98. The number of aryl methyl sites for hydroxylation is 1. The van der Waals surface area contributed by atoms with Crippen LogP contribution in [0.1, 0.15) is 5.82 Å². The van der Waals surface area contributed by atoms with E-state index < -0.39 is 12.7 Å². The molecule has 1 aromatic heterocycles. The molecular formula is C7H11F3N4S. The Morgan fingerprint density at radius 2 is 2.13 bits per heavy atom. The molecule has 0 spiro atoms. The zero-order valence-electron chi connectivity index (χ0n) is 8.08. The fourth-order valence-corrected chi connectivity index (χ4v) is 1.73. The van der Waals surface area contributed by atoms with E-state index in [-0.39, 0.29) is 18.2 Å². The largest absolute Gasteiger partial charge is 0.406 e. The quantitative estimate of drug-likeness (QED) is 0.858. The summed E-state index contributed by atoms with van der Waals surface area (Å²) >= 11 is 0.948. The van der Waals surface area contributed by atoms with E-state index in [4.69, 9.17) is 5.73 Å². The molecule has 0 atom stereocenters. The van der Waals surface area contributed by atoms with E-state index in [1.807, 2.05) is 0 Å². The molecule has 0 aliphatic rings. The molecule has 0 aliphatic heterocycles. The number of halogens is 3. The van der Waals surface area contributed by atoms with E-state index in [0.717, 1.165) is 16.4 Å². The Bertz CT molecular complexity index is 311. The van der Waals surface area contributed by atoms with Crippen LogP contribution in [-0.2, 0) is 0 Å². The second-order valence-corrected chi connectivity index (χ2v) is 3.68. The van der Waals surface area contributed by atoms with Gasteiger partial charge in [0.05, 0.1) is 0 Å². The van der Waals surface area contributed by atoms with Crippen LogP contribution in [0, 0.1) is 6.92 Å². The second kappa shape index (κ2) is 4.75. The van der Waals surface area contributed by atoms with E-state index in [1.54, 1.807) is 6.92 Å². The third-order valence-electron chi connectivity index (χ3n) is 1.56. The number of hydrogen-bond donors (Lipinski definition) is 1. The van der Waals surface area contributed by atoms with E-state index in [0.29, 0.717) is 5.82 Å². The topological polar surface area (TPSA) is 55.0 Å². The number of anilines is 1. The van der Waals surface area contributed by atoms with Gasteiger partial charge in [0.25, 0.3) is 0 Å². The van der Waals surface area contributed by atoms with E-state index in [9.17, 15) is 13.2 Å². The normalized spacial score (nSPS) is 11.8. The number of alkyl halides is 3. The third kappa shape index (κ3) is 4.00. The molecule has 0 amide bonds. The summed E-state index contributed by atoms with van der Waals surface area (Å²) in [7, 11) is 0. The van der Waals surface area contributed by atoms with Gasteiger partial charge in [-0.25, -0.2) is 4.98 Å². The number of nitrogens with zero attached hydrogens (tertiary/aromatic N) is 3. The number of hydrogen-bond acceptors (Lipinski definition) is 5. The lowest BCUT2D eigenvalue weighted by Crippen LogP contribution is -2.37. The first kappa shape index (κ1) is 12.2. The Morgan fingerprint density at radius 3 is 2.53 bits per heavy atom. The Morgan fingerprint density at radius 1 is 1.47 bits per heavy atom. The molecule has 0 fully saturated rings. The molecule has 8 heteroatoms. The van der Waals surface area contributed by atoms with E-state index >= 15 is 0 Å². The lowest BCUT2D eigenvalue weighted by Gasteiger charge is -2.21. The van der Waals surface area contributed by atoms with Gasteiger partial charge in [0.1, 0.15) is 12.4 Å². The summed E-state index contributed by atoms with van der Waals surface area (Å²) in [5, 5.41) is 0.260. The summed E-state index contributed by atoms with van der Waals surface area (Å²) in [6.07, 6.45) is -4.26. The highest BCUT2D eigenvalue weighted by Crippen LogP contribution is 2.22. The summed E-state index contributed by atoms with van der Waals surface area (Å²) in [6.45, 7) is 0.857. The standard InChI is InChI=1S/C7H11F3N4S/c1-5-12-6(15-13-5)14(3-2-11)4-7(8,9)10/h2-4,11H2,1H3. The van der Waals surface area contributed by atoms with Gasteiger partial charge in [-0.3, -0.25) is 0 Å². The number of aromatic nitrogens is 2. The van der Waals surface area contributed by atoms with Crippen molar-refractivity contribution in [3.63, 3.8) is 0 Å². The predicted octanol–water partition coefficient (Wildman–Crippen LogP) is 1.17. The first-order chi connectivity index (χ1) is 6.92. The van der Waals surface area contributed by atoms with Crippen molar-refractivity contribution in [2.75, 3.05) is 24.5 Å². The highest BCUT2D eigenvalue weighted by Gasteiger charge is 2.31. The van der Waals surface area contributed by atoms with Gasteiger partial charge in [-0.05, 0) is 6.92 Å². The van der Waals surface area contributed by atoms with Crippen LogP contribution < -0.4 is 10.6 Å². The van der Waals surface area contributed by atoms with Gasteiger partial charge in [-0.1, -0.05) is 0 Å². The van der Waals surface area contributed by atoms with Gasteiger partial charge in [-0.2, -0.15) is 17.5 Å². The predicted molar refractivity (Wildman–Crippen MR) is 52.0 cm³/mol. The average Bonchev–Trinajstić information content (AvgIpc) is 2.48. The SMILES string of the molecule is Cc1nsc(N(CCN)CC(F)(F)F)n1. The molecule has 1 heterocycles. The number of nitrogens with two attached hydrogens (primary N) is 1. The minimum atomic E-state index is -4.26. The lowest BCUT2D eigenvalue weighted by molar-refractivity contribution is -0.119. The smallest absolute Gasteiger partial charge is 0.336 e. The van der Waals surface area contributed by atoms with Crippen LogP contribution in [-0.4, -0.2) is 35.2 Å². The van der Waals surface area contributed by atoms with Crippen molar-refractivity contribution in [1.82, 2.24) is 9.36 Å². The molecule has 0 aromatic carbocycles. The van der Waals surface area contributed by atoms with Gasteiger partial charge < -0.3 is 10.6 Å². The third-order valence-corrected chi connectivity index (χ3v) is 2.42. The summed E-state index contributed by atoms with van der Waals surface area (Å²) < 4.78 is 40.4. The molecule has 0 unspecified atom stereocenters. The fraction of sp³-hybridized carbons (Fsp3) is 0.714. The van der Waals surface area contributed by atoms with Crippen LogP contribution in [0.15, 0.2) is 0 Å². The monoisotopic (exact) mass is 240 g/mol. The Labute approximate surface area is 89.1 Å². The van der Waals surface area contributed by atoms with Crippen molar-refractivity contribution in [2.45, 2.75) is 13.1 Å². The minimum Gasteiger partial charge on any atom is -0.336 e. The maximum atomic E-state index is 12.2. The molecule has 15 heavy (non-hydrogen) atoms. The van der Waals surface area contributed by atoms with Gasteiger partial charge in [0.2, 0.25) is 5.13 Å². The summed E-state index contributed by atoms with van der Waals surface area (Å²) in [5.74, 6) is 0.471. The van der Waals surface area contributed by atoms with Crippen LogP contribution >= 0.6 is 11.5 Å². The molecule has 4 nitrogen and oxygen atoms in total. The van der Waals surface area contributed by atoms with Crippen LogP contribution in [0.4, 0.5) is 18.3 Å². The van der Waals surface area contributed by atoms with Crippen molar-refractivity contribution in [1.29, 1.82) is 0 Å². The van der Waals surface area contributed by atoms with Gasteiger partial charge >= 0.3 is 6.18 Å². The van der Waals surface area contributed by atoms with E-state index in [2.05, 4.69) is 9.36 Å². The Hall–Kier alpha value is -0.890. The molecule has 1 rings (SSSR count). The first-order valence-electron chi connectivity index (χ1n) is 4.24. The number of rotatable bonds is 4. The molecule has 2 N–H and O–H groups in total. The van der Waals surface area contributed by atoms with Crippen molar-refractivity contribution in [2.24, 2.45) is 5.73 Å². The lowest BCUT2D eigenvalue weighted by atomic mass is 10.5. The maximum Gasteiger partial charge on any atom is 0.406 e. The van der Waals surface area contributed by atoms with Crippen molar-refractivity contribution in [3.05, 3.63) is 5.82 Å².